The molecule has 0 saturated carbocycles. The zero-order chi connectivity index (χ0) is 28.2. The molecule has 0 aliphatic carbocycles. The highest BCUT2D eigenvalue weighted by Crippen LogP contribution is 2.35. The molecule has 0 spiro atoms. The molecule has 0 bridgehead atoms. The molecule has 1 atom stereocenters. The number of nitrogens with one attached hydrogen (secondary N) is 1. The second-order valence-electron chi connectivity index (χ2n) is 9.00. The van der Waals surface area contributed by atoms with Crippen molar-refractivity contribution in [3.8, 4) is 5.69 Å². The Labute approximate surface area is 224 Å². The smallest absolute Gasteiger partial charge is 0.266 e. The van der Waals surface area contributed by atoms with Crippen LogP contribution in [0, 0.1) is 17.5 Å². The van der Waals surface area contributed by atoms with Crippen LogP contribution in [0.25, 0.3) is 27.5 Å². The van der Waals surface area contributed by atoms with Crippen molar-refractivity contribution in [2.45, 2.75) is 12.5 Å². The molecule has 5 rings (SSSR count). The molecule has 0 aliphatic heterocycles. The van der Waals surface area contributed by atoms with Crippen LogP contribution >= 0.6 is 11.6 Å². The van der Waals surface area contributed by atoms with Crippen LogP contribution in [0.5, 0.6) is 0 Å². The number of nitrogens with zero attached hydrogens (tertiary/aromatic N) is 4. The first-order valence-corrected chi connectivity index (χ1v) is 13.7. The Morgan fingerprint density at radius 2 is 1.74 bits per heavy atom. The fourth-order valence-electron chi connectivity index (χ4n) is 4.52. The highest BCUT2D eigenvalue weighted by Gasteiger charge is 2.25. The Kier molecular flexibility index (Phi) is 6.61. The van der Waals surface area contributed by atoms with Gasteiger partial charge in [-0.15, -0.1) is 0 Å². The maximum atomic E-state index is 14.1. The molecule has 1 unspecified atom stereocenters. The third-order valence-corrected chi connectivity index (χ3v) is 6.88. The number of rotatable bonds is 6. The van der Waals surface area contributed by atoms with E-state index in [1.54, 1.807) is 0 Å². The maximum absolute atomic E-state index is 14.1. The third-order valence-electron chi connectivity index (χ3n) is 6.00. The number of halogens is 4. The van der Waals surface area contributed by atoms with Crippen LogP contribution in [0.1, 0.15) is 17.4 Å². The quantitative estimate of drug-likeness (QED) is 0.315. The Morgan fingerprint density at radius 1 is 1.05 bits per heavy atom. The molecule has 9 nitrogen and oxygen atoms in total. The minimum absolute atomic E-state index is 0.00576. The lowest BCUT2D eigenvalue weighted by Gasteiger charge is -2.20. The molecule has 0 radical (unpaired) electrons. The lowest BCUT2D eigenvalue weighted by molar-refractivity contribution is 0.572. The number of hydrogen-bond acceptors (Lipinski definition) is 6. The van der Waals surface area contributed by atoms with Crippen molar-refractivity contribution < 1.29 is 21.6 Å². The fourth-order valence-corrected chi connectivity index (χ4v) is 5.25. The molecule has 14 heteroatoms. The van der Waals surface area contributed by atoms with Gasteiger partial charge in [-0.2, -0.15) is 5.10 Å². The molecule has 3 N–H and O–H groups in total. The summed E-state index contributed by atoms with van der Waals surface area (Å²) in [7, 11) is -2.23. The van der Waals surface area contributed by atoms with Crippen molar-refractivity contribution in [3.63, 3.8) is 0 Å². The average molecular weight is 577 g/mol. The molecule has 2 heterocycles. The maximum Gasteiger partial charge on any atom is 0.266 e. The number of sulfonamides is 1. The standard InChI is InChI=1S/C25H20ClF3N6O3S/c1-34-22-20(6-4-17(26)21(22)23(32-34)33-39(2,37)38)35-24(18(30)9-12-7-14(28)10-15(29)8-12)31-19-5-3-13(27)11-16(19)25(35)36/h3-8,10-11,18H,9,30H2,1-2H3,(H,32,33). The van der Waals surface area contributed by atoms with E-state index >= 15 is 0 Å². The second-order valence-corrected chi connectivity index (χ2v) is 11.2. The summed E-state index contributed by atoms with van der Waals surface area (Å²) in [4.78, 5) is 18.4. The van der Waals surface area contributed by atoms with Crippen molar-refractivity contribution in [1.82, 2.24) is 19.3 Å². The Balaban J connectivity index is 1.81. The summed E-state index contributed by atoms with van der Waals surface area (Å²) in [5.74, 6) is -2.32. The number of aryl methyl sites for hydroxylation is 1. The summed E-state index contributed by atoms with van der Waals surface area (Å²) in [5, 5.41) is 4.50. The first-order chi connectivity index (χ1) is 18.3. The molecule has 0 fully saturated rings. The van der Waals surface area contributed by atoms with E-state index in [-0.39, 0.29) is 56.1 Å². The highest BCUT2D eigenvalue weighted by molar-refractivity contribution is 7.92. The topological polar surface area (TPSA) is 125 Å². The predicted molar refractivity (Wildman–Crippen MR) is 142 cm³/mol. The van der Waals surface area contributed by atoms with Gasteiger partial charge in [0, 0.05) is 13.1 Å². The summed E-state index contributed by atoms with van der Waals surface area (Å²) in [5.41, 5.74) is 6.59. The predicted octanol–water partition coefficient (Wildman–Crippen LogP) is 3.96. The normalized spacial score (nSPS) is 12.8. The van der Waals surface area contributed by atoms with Crippen molar-refractivity contribution in [2.75, 3.05) is 11.0 Å². The molecule has 39 heavy (non-hydrogen) atoms. The Bertz CT molecular complexity index is 1940. The average Bonchev–Trinajstić information content (AvgIpc) is 3.14. The zero-order valence-electron chi connectivity index (χ0n) is 20.4. The summed E-state index contributed by atoms with van der Waals surface area (Å²) in [6.45, 7) is 0. The molecule has 0 amide bonds. The summed E-state index contributed by atoms with van der Waals surface area (Å²) < 4.78 is 70.5. The fraction of sp³-hybridized carbons (Fsp3) is 0.160. The molecule has 5 aromatic rings. The largest absolute Gasteiger partial charge is 0.321 e. The van der Waals surface area contributed by atoms with E-state index in [2.05, 4.69) is 14.8 Å². The first-order valence-electron chi connectivity index (χ1n) is 11.4. The van der Waals surface area contributed by atoms with Crippen molar-refractivity contribution in [2.24, 2.45) is 12.8 Å². The number of hydrogen-bond donors (Lipinski definition) is 2. The summed E-state index contributed by atoms with van der Waals surface area (Å²) >= 11 is 6.42. The Hall–Kier alpha value is -3.94. The van der Waals surface area contributed by atoms with Crippen LogP contribution in [0.4, 0.5) is 19.0 Å². The lowest BCUT2D eigenvalue weighted by atomic mass is 10.0. The van der Waals surface area contributed by atoms with Crippen LogP contribution in [0.15, 0.2) is 53.3 Å². The van der Waals surface area contributed by atoms with E-state index in [0.717, 1.165) is 41.2 Å². The van der Waals surface area contributed by atoms with E-state index in [1.807, 2.05) is 0 Å². The van der Waals surface area contributed by atoms with E-state index < -0.39 is 39.1 Å². The van der Waals surface area contributed by atoms with Gasteiger partial charge in [-0.05, 0) is 54.4 Å². The summed E-state index contributed by atoms with van der Waals surface area (Å²) in [6, 6.07) is 8.33. The molecule has 0 aliphatic rings. The number of fused-ring (bicyclic) bond motifs is 2. The van der Waals surface area contributed by atoms with Gasteiger partial charge in [-0.1, -0.05) is 11.6 Å². The lowest BCUT2D eigenvalue weighted by Crippen LogP contribution is -2.30. The minimum atomic E-state index is -3.74. The number of nitrogens with two attached hydrogens (primary N) is 1. The van der Waals surface area contributed by atoms with Crippen LogP contribution in [-0.2, 0) is 23.5 Å². The van der Waals surface area contributed by atoms with Gasteiger partial charge in [0.05, 0.1) is 44.8 Å². The second kappa shape index (κ2) is 9.67. The monoisotopic (exact) mass is 576 g/mol. The van der Waals surface area contributed by atoms with Gasteiger partial charge in [0.15, 0.2) is 5.82 Å². The molecule has 0 saturated heterocycles. The van der Waals surface area contributed by atoms with E-state index in [1.165, 1.54) is 29.9 Å². The van der Waals surface area contributed by atoms with Crippen LogP contribution in [-0.4, -0.2) is 34.0 Å². The van der Waals surface area contributed by atoms with Crippen molar-refractivity contribution in [1.29, 1.82) is 0 Å². The van der Waals surface area contributed by atoms with Crippen LogP contribution in [0.2, 0.25) is 5.02 Å². The number of anilines is 1. The molecular weight excluding hydrogens is 557 g/mol. The third kappa shape index (κ3) is 5.07. The van der Waals surface area contributed by atoms with E-state index in [4.69, 9.17) is 17.3 Å². The SMILES string of the molecule is Cn1nc(NS(C)(=O)=O)c2c(Cl)ccc(-n3c(C(N)Cc4cc(F)cc(F)c4)nc4ccc(F)cc4c3=O)c21. The van der Waals surface area contributed by atoms with Crippen molar-refractivity contribution in [3.05, 3.63) is 92.7 Å². The van der Waals surface area contributed by atoms with Gasteiger partial charge in [-0.25, -0.2) is 26.6 Å². The molecule has 2 aromatic heterocycles. The first kappa shape index (κ1) is 26.7. The highest BCUT2D eigenvalue weighted by atomic mass is 35.5. The minimum Gasteiger partial charge on any atom is -0.321 e. The zero-order valence-corrected chi connectivity index (χ0v) is 22.0. The van der Waals surface area contributed by atoms with Crippen LogP contribution < -0.4 is 16.0 Å². The van der Waals surface area contributed by atoms with Gasteiger partial charge >= 0.3 is 0 Å². The van der Waals surface area contributed by atoms with Crippen LogP contribution in [0.3, 0.4) is 0 Å². The molecule has 202 valence electrons. The number of aromatic nitrogens is 4. The summed E-state index contributed by atoms with van der Waals surface area (Å²) in [6.07, 6.45) is 0.848. The van der Waals surface area contributed by atoms with Gasteiger partial charge in [0.1, 0.15) is 23.3 Å². The molecule has 3 aromatic carbocycles. The number of benzene rings is 3. The van der Waals surface area contributed by atoms with Crippen molar-refractivity contribution >= 4 is 49.2 Å². The van der Waals surface area contributed by atoms with E-state index in [0.29, 0.717) is 0 Å². The van der Waals surface area contributed by atoms with Gasteiger partial charge in [0.2, 0.25) is 10.0 Å². The van der Waals surface area contributed by atoms with Gasteiger partial charge in [-0.3, -0.25) is 18.8 Å². The van der Waals surface area contributed by atoms with E-state index in [9.17, 15) is 26.4 Å². The van der Waals surface area contributed by atoms with Gasteiger partial charge in [0.25, 0.3) is 5.56 Å². The molecular formula is C25H20ClF3N6O3S. The van der Waals surface area contributed by atoms with Gasteiger partial charge < -0.3 is 5.73 Å². The Morgan fingerprint density at radius 3 is 2.41 bits per heavy atom.